The molecule has 0 radical (unpaired) electrons. The van der Waals surface area contributed by atoms with E-state index in [0.29, 0.717) is 5.69 Å². The van der Waals surface area contributed by atoms with Gasteiger partial charge in [-0.1, -0.05) is 17.7 Å². The average Bonchev–Trinajstić information content (AvgIpc) is 3.08. The molecule has 2 heterocycles. The van der Waals surface area contributed by atoms with Gasteiger partial charge in [0.1, 0.15) is 5.71 Å². The number of hydrazone groups is 1. The summed E-state index contributed by atoms with van der Waals surface area (Å²) < 4.78 is 4.96. The maximum absolute atomic E-state index is 13.5. The maximum Gasteiger partial charge on any atom is 0.354 e. The monoisotopic (exact) mass is 385 g/mol. The lowest BCUT2D eigenvalue weighted by Crippen LogP contribution is -2.51. The van der Waals surface area contributed by atoms with Gasteiger partial charge in [-0.2, -0.15) is 5.10 Å². The lowest BCUT2D eigenvalue weighted by Gasteiger charge is -2.29. The molecule has 8 nitrogen and oxygen atoms in total. The molecule has 0 bridgehead atoms. The summed E-state index contributed by atoms with van der Waals surface area (Å²) in [5.74, 6) is -2.18. The number of aryl methyl sites for hydroxylation is 3. The Morgan fingerprint density at radius 1 is 1.14 bits per heavy atom. The molecule has 2 aliphatic rings. The molecule has 148 valence electrons. The van der Waals surface area contributed by atoms with E-state index in [1.807, 2.05) is 32.9 Å². The van der Waals surface area contributed by atoms with E-state index >= 15 is 0 Å². The van der Waals surface area contributed by atoms with Crippen LogP contribution in [0.2, 0.25) is 0 Å². The Hall–Kier alpha value is -3.03. The van der Waals surface area contributed by atoms with Crippen LogP contribution in [-0.2, 0) is 23.9 Å². The van der Waals surface area contributed by atoms with Crippen LogP contribution in [0.4, 0.5) is 5.69 Å². The van der Waals surface area contributed by atoms with Crippen LogP contribution in [0.1, 0.15) is 43.4 Å². The van der Waals surface area contributed by atoms with E-state index in [9.17, 15) is 19.2 Å². The molecule has 1 aromatic rings. The second-order valence-electron chi connectivity index (χ2n) is 7.26. The van der Waals surface area contributed by atoms with Crippen molar-refractivity contribution in [2.45, 2.75) is 53.0 Å². The molecule has 28 heavy (non-hydrogen) atoms. The van der Waals surface area contributed by atoms with Gasteiger partial charge in [-0.25, -0.2) is 14.7 Å². The Balaban J connectivity index is 2.05. The second-order valence-corrected chi connectivity index (χ2v) is 7.26. The molecule has 1 aromatic carbocycles. The molecule has 8 heteroatoms. The van der Waals surface area contributed by atoms with Gasteiger partial charge in [0.2, 0.25) is 11.8 Å². The first kappa shape index (κ1) is 19.7. The van der Waals surface area contributed by atoms with E-state index < -0.39 is 29.2 Å². The molecular formula is C20H23N3O5. The zero-order chi connectivity index (χ0) is 20.8. The van der Waals surface area contributed by atoms with Gasteiger partial charge < -0.3 is 4.74 Å². The first-order chi connectivity index (χ1) is 13.1. The molecular weight excluding hydrogens is 362 g/mol. The topological polar surface area (TPSA) is 96.3 Å². The Morgan fingerprint density at radius 3 is 2.29 bits per heavy atom. The Bertz CT molecular complexity index is 913. The molecule has 0 N–H and O–H groups in total. The maximum atomic E-state index is 13.5. The van der Waals surface area contributed by atoms with Gasteiger partial charge >= 0.3 is 5.97 Å². The molecule has 1 atom stereocenters. The normalized spacial score (nSPS) is 21.5. The highest BCUT2D eigenvalue weighted by molar-refractivity contribution is 6.39. The third-order valence-electron chi connectivity index (χ3n) is 5.05. The molecule has 0 aromatic heterocycles. The van der Waals surface area contributed by atoms with Gasteiger partial charge in [0, 0.05) is 13.3 Å². The Kier molecular flexibility index (Phi) is 4.82. The Morgan fingerprint density at radius 2 is 1.75 bits per heavy atom. The van der Waals surface area contributed by atoms with Gasteiger partial charge in [0.25, 0.3) is 5.91 Å². The number of hydrogen-bond acceptors (Lipinski definition) is 6. The van der Waals surface area contributed by atoms with Gasteiger partial charge in [-0.05, 0) is 38.8 Å². The summed E-state index contributed by atoms with van der Waals surface area (Å²) in [4.78, 5) is 51.8. The Labute approximate surface area is 163 Å². The lowest BCUT2D eigenvalue weighted by molar-refractivity contribution is -0.141. The summed E-state index contributed by atoms with van der Waals surface area (Å²) >= 11 is 0. The molecule has 0 aliphatic carbocycles. The number of hydrogen-bond donors (Lipinski definition) is 0. The van der Waals surface area contributed by atoms with Crippen molar-refractivity contribution in [3.63, 3.8) is 0 Å². The van der Waals surface area contributed by atoms with Crippen LogP contribution in [0.15, 0.2) is 17.2 Å². The summed E-state index contributed by atoms with van der Waals surface area (Å²) in [6.45, 7) is 8.65. The predicted molar refractivity (Wildman–Crippen MR) is 102 cm³/mol. The van der Waals surface area contributed by atoms with E-state index in [-0.39, 0.29) is 25.2 Å². The van der Waals surface area contributed by atoms with Crippen LogP contribution < -0.4 is 4.90 Å². The van der Waals surface area contributed by atoms with Crippen molar-refractivity contribution in [2.75, 3.05) is 11.5 Å². The number of benzene rings is 1. The second kappa shape index (κ2) is 6.85. The minimum atomic E-state index is -1.52. The zero-order valence-corrected chi connectivity index (χ0v) is 16.7. The fourth-order valence-electron chi connectivity index (χ4n) is 4.08. The summed E-state index contributed by atoms with van der Waals surface area (Å²) in [7, 11) is 0. The lowest BCUT2D eigenvalue weighted by atomic mass is 9.91. The van der Waals surface area contributed by atoms with Gasteiger partial charge in [-0.3, -0.25) is 14.4 Å². The van der Waals surface area contributed by atoms with Crippen LogP contribution in [0.3, 0.4) is 0 Å². The number of amides is 3. The first-order valence-corrected chi connectivity index (χ1v) is 9.13. The van der Waals surface area contributed by atoms with Crippen LogP contribution in [0.25, 0.3) is 0 Å². The van der Waals surface area contributed by atoms with Crippen molar-refractivity contribution < 1.29 is 23.9 Å². The number of rotatable bonds is 3. The minimum absolute atomic E-state index is 0.0302. The smallest absolute Gasteiger partial charge is 0.354 e. The van der Waals surface area contributed by atoms with E-state index in [2.05, 4.69) is 5.10 Å². The number of anilines is 1. The molecule has 0 saturated carbocycles. The highest BCUT2D eigenvalue weighted by Gasteiger charge is 2.61. The van der Waals surface area contributed by atoms with Crippen LogP contribution in [-0.4, -0.2) is 46.6 Å². The van der Waals surface area contributed by atoms with Crippen molar-refractivity contribution in [1.29, 1.82) is 0 Å². The summed E-state index contributed by atoms with van der Waals surface area (Å²) in [6.07, 6.45) is -0.374. The van der Waals surface area contributed by atoms with Crippen LogP contribution in [0, 0.1) is 20.8 Å². The van der Waals surface area contributed by atoms with Crippen LogP contribution >= 0.6 is 0 Å². The molecule has 3 rings (SSSR count). The van der Waals surface area contributed by atoms with Crippen molar-refractivity contribution in [3.05, 3.63) is 28.8 Å². The van der Waals surface area contributed by atoms with E-state index in [0.717, 1.165) is 26.6 Å². The fraction of sp³-hybridized carbons (Fsp3) is 0.450. The third-order valence-corrected chi connectivity index (χ3v) is 5.05. The SMILES string of the molecule is CCOC(=O)C1=NN(C(C)=O)[C@@]2(CC(=O)N(c3c(C)cc(C)cc3C)C2=O)C1. The first-order valence-electron chi connectivity index (χ1n) is 9.13. The summed E-state index contributed by atoms with van der Waals surface area (Å²) in [5.41, 5.74) is 1.56. The molecule has 2 aliphatic heterocycles. The standard InChI is InChI=1S/C20H23N3O5/c1-6-28-18(26)15-9-20(23(21-15)14(5)24)10-16(25)22(19(20)27)17-12(3)7-11(2)8-13(17)4/h7-8H,6,9-10H2,1-5H3/t20-/m1/s1. The molecule has 3 amide bonds. The van der Waals surface area contributed by atoms with Crippen molar-refractivity contribution in [1.82, 2.24) is 5.01 Å². The number of nitrogens with zero attached hydrogens (tertiary/aromatic N) is 3. The molecule has 1 saturated heterocycles. The largest absolute Gasteiger partial charge is 0.461 e. The van der Waals surface area contributed by atoms with Crippen molar-refractivity contribution in [3.8, 4) is 0 Å². The molecule has 1 fully saturated rings. The zero-order valence-electron chi connectivity index (χ0n) is 16.7. The number of esters is 1. The van der Waals surface area contributed by atoms with Gasteiger partial charge in [0.15, 0.2) is 5.54 Å². The number of ether oxygens (including phenoxy) is 1. The third kappa shape index (κ3) is 2.89. The van der Waals surface area contributed by atoms with E-state index in [4.69, 9.17) is 4.74 Å². The quantitative estimate of drug-likeness (QED) is 0.584. The van der Waals surface area contributed by atoms with E-state index in [1.165, 1.54) is 6.92 Å². The molecule has 1 spiro atoms. The highest BCUT2D eigenvalue weighted by Crippen LogP contribution is 2.42. The van der Waals surface area contributed by atoms with Gasteiger partial charge in [0.05, 0.1) is 18.7 Å². The fourth-order valence-corrected chi connectivity index (χ4v) is 4.08. The minimum Gasteiger partial charge on any atom is -0.461 e. The van der Waals surface area contributed by atoms with E-state index in [1.54, 1.807) is 6.92 Å². The van der Waals surface area contributed by atoms with Gasteiger partial charge in [-0.15, -0.1) is 0 Å². The number of carbonyl (C=O) groups excluding carboxylic acids is 4. The van der Waals surface area contributed by atoms with Crippen molar-refractivity contribution in [2.24, 2.45) is 5.10 Å². The number of imide groups is 1. The van der Waals surface area contributed by atoms with Crippen LogP contribution in [0.5, 0.6) is 0 Å². The van der Waals surface area contributed by atoms with Crippen molar-refractivity contribution >= 4 is 35.1 Å². The highest BCUT2D eigenvalue weighted by atomic mass is 16.5. The summed E-state index contributed by atoms with van der Waals surface area (Å²) in [6, 6.07) is 3.79. The summed E-state index contributed by atoms with van der Waals surface area (Å²) in [5, 5.41) is 5.01. The predicted octanol–water partition coefficient (Wildman–Crippen LogP) is 1.79. The number of carbonyl (C=O) groups is 4. The average molecular weight is 385 g/mol. The molecule has 0 unspecified atom stereocenters.